The van der Waals surface area contributed by atoms with Gasteiger partial charge in [0, 0.05) is 57.6 Å². The second-order valence-corrected chi connectivity index (χ2v) is 8.35. The number of halogens is 3. The van der Waals surface area contributed by atoms with Gasteiger partial charge in [0.15, 0.2) is 23.1 Å². The molecule has 2 aliphatic rings. The number of hydrogen-bond donors (Lipinski definition) is 1. The van der Waals surface area contributed by atoms with Crippen molar-refractivity contribution in [1.29, 1.82) is 0 Å². The maximum absolute atomic E-state index is 14.1. The summed E-state index contributed by atoms with van der Waals surface area (Å²) < 4.78 is 43.3. The van der Waals surface area contributed by atoms with Gasteiger partial charge in [-0.05, 0) is 19.8 Å². The van der Waals surface area contributed by atoms with Crippen LogP contribution >= 0.6 is 0 Å². The summed E-state index contributed by atoms with van der Waals surface area (Å²) in [6, 6.07) is 1.91. The standard InChI is InChI=1S/C22H23F3N6O2/c1-13-26-20(29-6-8-30(9-7-29)22(32)33)18-17(28-4-2-3-5-28)12-31(21(18)27-13)14-10-15(23)19(25)16(24)11-14/h10-12H,2-9H2,1H3,(H,32,33). The molecule has 2 fully saturated rings. The molecule has 3 aromatic rings. The highest BCUT2D eigenvalue weighted by Gasteiger charge is 2.28. The molecule has 2 saturated heterocycles. The number of aryl methyl sites for hydroxylation is 1. The molecule has 4 heterocycles. The van der Waals surface area contributed by atoms with Gasteiger partial charge in [0.2, 0.25) is 0 Å². The Morgan fingerprint density at radius 1 is 0.939 bits per heavy atom. The normalized spacial score (nSPS) is 16.8. The van der Waals surface area contributed by atoms with E-state index in [0.717, 1.165) is 49.1 Å². The fourth-order valence-electron chi connectivity index (χ4n) is 4.61. The monoisotopic (exact) mass is 460 g/mol. The number of nitrogens with zero attached hydrogens (tertiary/aromatic N) is 6. The van der Waals surface area contributed by atoms with Gasteiger partial charge in [0.25, 0.3) is 0 Å². The summed E-state index contributed by atoms with van der Waals surface area (Å²) in [6.45, 7) is 4.98. The van der Waals surface area contributed by atoms with Crippen molar-refractivity contribution < 1.29 is 23.1 Å². The maximum atomic E-state index is 14.1. The lowest BCUT2D eigenvalue weighted by Gasteiger charge is -2.34. The zero-order valence-electron chi connectivity index (χ0n) is 18.1. The first-order valence-corrected chi connectivity index (χ1v) is 10.9. The Labute approximate surface area is 187 Å². The molecular formula is C22H23F3N6O2. The second kappa shape index (κ2) is 8.13. The lowest BCUT2D eigenvalue weighted by molar-refractivity contribution is 0.142. The van der Waals surface area contributed by atoms with Crippen LogP contribution in [0.15, 0.2) is 18.3 Å². The van der Waals surface area contributed by atoms with Crippen LogP contribution < -0.4 is 9.80 Å². The van der Waals surface area contributed by atoms with E-state index in [1.165, 1.54) is 4.90 Å². The van der Waals surface area contributed by atoms with E-state index in [1.807, 2.05) is 4.90 Å². The number of piperazine rings is 1. The topological polar surface area (TPSA) is 77.7 Å². The molecule has 0 saturated carbocycles. The van der Waals surface area contributed by atoms with Gasteiger partial charge >= 0.3 is 6.09 Å². The molecule has 1 aromatic carbocycles. The SMILES string of the molecule is Cc1nc(N2CCN(C(=O)O)CC2)c2c(N3CCCC3)cn(-c3cc(F)c(F)c(F)c3)c2n1. The van der Waals surface area contributed by atoms with Gasteiger partial charge < -0.3 is 19.8 Å². The third-order valence-electron chi connectivity index (χ3n) is 6.26. The van der Waals surface area contributed by atoms with Crippen LogP contribution in [0.5, 0.6) is 0 Å². The zero-order valence-corrected chi connectivity index (χ0v) is 18.1. The molecule has 0 spiro atoms. The van der Waals surface area contributed by atoms with Gasteiger partial charge in [0.1, 0.15) is 11.6 Å². The van der Waals surface area contributed by atoms with E-state index in [1.54, 1.807) is 17.7 Å². The van der Waals surface area contributed by atoms with Crippen LogP contribution in [0.2, 0.25) is 0 Å². The van der Waals surface area contributed by atoms with Gasteiger partial charge in [-0.3, -0.25) is 4.57 Å². The molecule has 0 atom stereocenters. The first-order chi connectivity index (χ1) is 15.8. The Balaban J connectivity index is 1.68. The minimum atomic E-state index is -1.52. The lowest BCUT2D eigenvalue weighted by atomic mass is 10.2. The number of rotatable bonds is 3. The number of benzene rings is 1. The summed E-state index contributed by atoms with van der Waals surface area (Å²) in [5.41, 5.74) is 1.43. The number of hydrogen-bond acceptors (Lipinski definition) is 5. The minimum Gasteiger partial charge on any atom is -0.465 e. The molecule has 0 bridgehead atoms. The molecule has 0 radical (unpaired) electrons. The number of aromatic nitrogens is 3. The van der Waals surface area contributed by atoms with Crippen molar-refractivity contribution in [3.63, 3.8) is 0 Å². The largest absolute Gasteiger partial charge is 0.465 e. The summed E-state index contributed by atoms with van der Waals surface area (Å²) in [7, 11) is 0. The third-order valence-corrected chi connectivity index (χ3v) is 6.26. The van der Waals surface area contributed by atoms with Crippen LogP contribution in [0.1, 0.15) is 18.7 Å². The number of fused-ring (bicyclic) bond motifs is 1. The van der Waals surface area contributed by atoms with Gasteiger partial charge in [-0.15, -0.1) is 0 Å². The molecule has 5 rings (SSSR count). The first-order valence-electron chi connectivity index (χ1n) is 10.9. The van der Waals surface area contributed by atoms with Crippen LogP contribution in [-0.4, -0.2) is 69.9 Å². The van der Waals surface area contributed by atoms with E-state index in [0.29, 0.717) is 43.5 Å². The Morgan fingerprint density at radius 3 is 2.18 bits per heavy atom. The predicted molar refractivity (Wildman–Crippen MR) is 117 cm³/mol. The van der Waals surface area contributed by atoms with E-state index in [4.69, 9.17) is 0 Å². The van der Waals surface area contributed by atoms with E-state index in [2.05, 4.69) is 14.9 Å². The first kappa shape index (κ1) is 21.4. The van der Waals surface area contributed by atoms with Gasteiger partial charge in [-0.1, -0.05) is 0 Å². The highest BCUT2D eigenvalue weighted by molar-refractivity contribution is 6.01. The zero-order chi connectivity index (χ0) is 23.3. The molecule has 0 unspecified atom stereocenters. The van der Waals surface area contributed by atoms with Crippen molar-refractivity contribution in [2.75, 3.05) is 49.1 Å². The number of carboxylic acid groups (broad SMARTS) is 1. The molecule has 2 aromatic heterocycles. The van der Waals surface area contributed by atoms with Crippen LogP contribution in [0.25, 0.3) is 16.7 Å². The van der Waals surface area contributed by atoms with Crippen molar-refractivity contribution in [2.24, 2.45) is 0 Å². The van der Waals surface area contributed by atoms with Crippen LogP contribution in [0.4, 0.5) is 29.5 Å². The van der Waals surface area contributed by atoms with Crippen molar-refractivity contribution in [2.45, 2.75) is 19.8 Å². The molecule has 174 valence electrons. The third kappa shape index (κ3) is 3.70. The Bertz CT molecular complexity index is 1210. The maximum Gasteiger partial charge on any atom is 0.407 e. The molecule has 11 heteroatoms. The van der Waals surface area contributed by atoms with E-state index in [-0.39, 0.29) is 5.69 Å². The summed E-state index contributed by atoms with van der Waals surface area (Å²) >= 11 is 0. The van der Waals surface area contributed by atoms with Crippen molar-refractivity contribution in [3.05, 3.63) is 41.6 Å². The summed E-state index contributed by atoms with van der Waals surface area (Å²) in [6.07, 6.45) is 2.85. The molecule has 0 aliphatic carbocycles. The fraction of sp³-hybridized carbons (Fsp3) is 0.409. The number of carbonyl (C=O) groups is 1. The highest BCUT2D eigenvalue weighted by atomic mass is 19.2. The highest BCUT2D eigenvalue weighted by Crippen LogP contribution is 2.38. The van der Waals surface area contributed by atoms with E-state index >= 15 is 0 Å². The van der Waals surface area contributed by atoms with Gasteiger partial charge in [-0.2, -0.15) is 0 Å². The van der Waals surface area contributed by atoms with Crippen LogP contribution in [0, 0.1) is 24.4 Å². The van der Waals surface area contributed by atoms with Crippen molar-refractivity contribution in [1.82, 2.24) is 19.4 Å². The number of anilines is 2. The molecule has 2 aliphatic heterocycles. The van der Waals surface area contributed by atoms with E-state index < -0.39 is 23.5 Å². The molecule has 8 nitrogen and oxygen atoms in total. The van der Waals surface area contributed by atoms with Gasteiger partial charge in [-0.25, -0.2) is 27.9 Å². The van der Waals surface area contributed by atoms with Crippen LogP contribution in [-0.2, 0) is 0 Å². The average Bonchev–Trinajstić information content (AvgIpc) is 3.44. The van der Waals surface area contributed by atoms with Crippen molar-refractivity contribution in [3.8, 4) is 5.69 Å². The Kier molecular flexibility index (Phi) is 5.26. The molecular weight excluding hydrogens is 437 g/mol. The van der Waals surface area contributed by atoms with Crippen molar-refractivity contribution >= 4 is 28.6 Å². The quantitative estimate of drug-likeness (QED) is 0.603. The smallest absolute Gasteiger partial charge is 0.407 e. The molecule has 1 amide bonds. The van der Waals surface area contributed by atoms with E-state index in [9.17, 15) is 23.1 Å². The summed E-state index contributed by atoms with van der Waals surface area (Å²) in [5, 5.41) is 10.0. The van der Waals surface area contributed by atoms with Gasteiger partial charge in [0.05, 0.1) is 16.8 Å². The molecule has 33 heavy (non-hydrogen) atoms. The summed E-state index contributed by atoms with van der Waals surface area (Å²) in [5.74, 6) is -2.94. The van der Waals surface area contributed by atoms with Crippen LogP contribution in [0.3, 0.4) is 0 Å². The fourth-order valence-corrected chi connectivity index (χ4v) is 4.61. The average molecular weight is 460 g/mol. The second-order valence-electron chi connectivity index (χ2n) is 8.35. The number of amides is 1. The predicted octanol–water partition coefficient (Wildman–Crippen LogP) is 3.55. The summed E-state index contributed by atoms with van der Waals surface area (Å²) in [4.78, 5) is 26.1. The molecule has 1 N–H and O–H groups in total. The Hall–Kier alpha value is -3.50. The Morgan fingerprint density at radius 2 is 1.58 bits per heavy atom. The minimum absolute atomic E-state index is 0.126. The lowest BCUT2D eigenvalue weighted by Crippen LogP contribution is -2.48.